The van der Waals surface area contributed by atoms with Crippen molar-refractivity contribution in [2.45, 2.75) is 20.0 Å². The van der Waals surface area contributed by atoms with Gasteiger partial charge in [-0.25, -0.2) is 15.8 Å². The molecule has 1 aromatic rings. The Morgan fingerprint density at radius 2 is 2.10 bits per heavy atom. The van der Waals surface area contributed by atoms with Gasteiger partial charge in [0.25, 0.3) is 0 Å². The number of hydrazine groups is 1. The Labute approximate surface area is 118 Å². The second kappa shape index (κ2) is 8.28. The van der Waals surface area contributed by atoms with Crippen LogP contribution in [-0.2, 0) is 16.1 Å². The summed E-state index contributed by atoms with van der Waals surface area (Å²) < 4.78 is 5.27. The summed E-state index contributed by atoms with van der Waals surface area (Å²) in [7, 11) is 3.45. The van der Waals surface area contributed by atoms with Gasteiger partial charge in [0.05, 0.1) is 0 Å². The van der Waals surface area contributed by atoms with Crippen molar-refractivity contribution >= 4 is 17.5 Å². The maximum atomic E-state index is 11.5. The summed E-state index contributed by atoms with van der Waals surface area (Å²) in [6, 6.07) is 1.68. The van der Waals surface area contributed by atoms with E-state index in [1.54, 1.807) is 25.1 Å². The van der Waals surface area contributed by atoms with Crippen LogP contribution < -0.4 is 16.6 Å². The van der Waals surface area contributed by atoms with Crippen LogP contribution >= 0.6 is 0 Å². The van der Waals surface area contributed by atoms with Gasteiger partial charge >= 0.3 is 0 Å². The van der Waals surface area contributed by atoms with Crippen LogP contribution in [0.3, 0.4) is 0 Å². The van der Waals surface area contributed by atoms with E-state index in [1.807, 2.05) is 6.92 Å². The molecule has 0 aliphatic heterocycles. The summed E-state index contributed by atoms with van der Waals surface area (Å²) in [6.07, 6.45) is 0.392. The van der Waals surface area contributed by atoms with Crippen LogP contribution in [0.4, 0.5) is 11.6 Å². The summed E-state index contributed by atoms with van der Waals surface area (Å²) in [4.78, 5) is 21.5. The molecule has 0 radical (unpaired) electrons. The van der Waals surface area contributed by atoms with Gasteiger partial charge in [-0.3, -0.25) is 4.79 Å². The number of nitrogen functional groups attached to an aromatic ring is 1. The number of rotatable bonds is 8. The average Bonchev–Trinajstić information content (AvgIpc) is 2.44. The molecule has 1 heterocycles. The van der Waals surface area contributed by atoms with E-state index in [1.165, 1.54) is 0 Å². The smallest absolute Gasteiger partial charge is 0.223 e. The van der Waals surface area contributed by atoms with E-state index < -0.39 is 0 Å². The molecule has 0 bridgehead atoms. The maximum Gasteiger partial charge on any atom is 0.223 e. The molecular weight excluding hydrogens is 260 g/mol. The molecule has 0 unspecified atom stereocenters. The Kier molecular flexibility index (Phi) is 6.68. The molecule has 0 aliphatic rings. The van der Waals surface area contributed by atoms with Gasteiger partial charge in [0, 0.05) is 39.7 Å². The van der Waals surface area contributed by atoms with Gasteiger partial charge in [-0.2, -0.15) is 0 Å². The van der Waals surface area contributed by atoms with Crippen molar-refractivity contribution in [3.8, 4) is 0 Å². The number of aromatic nitrogens is 2. The molecule has 0 aliphatic carbocycles. The zero-order chi connectivity index (χ0) is 15.0. The fraction of sp³-hybridized carbons (Fsp3) is 0.583. The Morgan fingerprint density at radius 1 is 1.40 bits per heavy atom. The molecule has 1 rings (SSSR count). The van der Waals surface area contributed by atoms with Crippen molar-refractivity contribution < 1.29 is 9.53 Å². The highest BCUT2D eigenvalue weighted by molar-refractivity contribution is 5.76. The van der Waals surface area contributed by atoms with Gasteiger partial charge in [-0.05, 0) is 6.92 Å². The molecule has 0 fully saturated rings. The van der Waals surface area contributed by atoms with Crippen LogP contribution in [0.25, 0.3) is 0 Å². The van der Waals surface area contributed by atoms with E-state index in [-0.39, 0.29) is 5.91 Å². The first kappa shape index (κ1) is 16.1. The topological polar surface area (TPSA) is 105 Å². The minimum atomic E-state index is 0.0540. The number of nitrogens with zero attached hydrogens (tertiary/aromatic N) is 3. The number of anilines is 2. The average molecular weight is 282 g/mol. The molecule has 0 atom stereocenters. The van der Waals surface area contributed by atoms with Crippen molar-refractivity contribution in [2.24, 2.45) is 5.84 Å². The van der Waals surface area contributed by atoms with Gasteiger partial charge in [0.1, 0.15) is 18.2 Å². The molecule has 4 N–H and O–H groups in total. The molecule has 20 heavy (non-hydrogen) atoms. The molecule has 112 valence electrons. The van der Waals surface area contributed by atoms with Gasteiger partial charge in [-0.1, -0.05) is 0 Å². The molecule has 0 spiro atoms. The minimum absolute atomic E-state index is 0.0540. The van der Waals surface area contributed by atoms with Crippen molar-refractivity contribution in [3.63, 3.8) is 0 Å². The number of nitrogens with two attached hydrogens (primary N) is 1. The largest absolute Gasteiger partial charge is 0.374 e. The Morgan fingerprint density at radius 3 is 2.70 bits per heavy atom. The van der Waals surface area contributed by atoms with Crippen molar-refractivity contribution in [1.82, 2.24) is 14.9 Å². The normalized spacial score (nSPS) is 10.2. The molecule has 1 aromatic heterocycles. The quantitative estimate of drug-likeness (QED) is 0.461. The van der Waals surface area contributed by atoms with Crippen LogP contribution in [-0.4, -0.2) is 48.0 Å². The fourth-order valence-electron chi connectivity index (χ4n) is 1.44. The molecule has 0 saturated heterocycles. The third-order valence-corrected chi connectivity index (χ3v) is 2.50. The number of hydrogen-bond acceptors (Lipinski definition) is 7. The first-order chi connectivity index (χ1) is 9.56. The minimum Gasteiger partial charge on any atom is -0.374 e. The van der Waals surface area contributed by atoms with E-state index in [9.17, 15) is 4.79 Å². The zero-order valence-electron chi connectivity index (χ0n) is 12.1. The Balaban J connectivity index is 2.61. The molecule has 0 saturated carbocycles. The van der Waals surface area contributed by atoms with E-state index in [0.29, 0.717) is 43.6 Å². The number of carbonyl (C=O) groups is 1. The van der Waals surface area contributed by atoms with Crippen molar-refractivity contribution in [2.75, 3.05) is 38.0 Å². The lowest BCUT2D eigenvalue weighted by Crippen LogP contribution is -2.24. The maximum absolute atomic E-state index is 11.5. The lowest BCUT2D eigenvalue weighted by molar-refractivity contribution is -0.128. The fourth-order valence-corrected chi connectivity index (χ4v) is 1.44. The monoisotopic (exact) mass is 282 g/mol. The molecule has 1 amide bonds. The van der Waals surface area contributed by atoms with Gasteiger partial charge in [0.15, 0.2) is 5.82 Å². The first-order valence-corrected chi connectivity index (χ1v) is 6.43. The van der Waals surface area contributed by atoms with Gasteiger partial charge in [0.2, 0.25) is 5.91 Å². The molecule has 0 aromatic carbocycles. The number of amides is 1. The molecular formula is C12H22N6O2. The summed E-state index contributed by atoms with van der Waals surface area (Å²) in [6.45, 7) is 3.30. The second-order valence-corrected chi connectivity index (χ2v) is 4.30. The number of carbonyl (C=O) groups excluding carboxylic acids is 1. The van der Waals surface area contributed by atoms with E-state index >= 15 is 0 Å². The van der Waals surface area contributed by atoms with Gasteiger partial charge in [-0.15, -0.1) is 0 Å². The predicted octanol–water partition coefficient (Wildman–Crippen LogP) is 0.189. The van der Waals surface area contributed by atoms with Gasteiger partial charge < -0.3 is 20.4 Å². The van der Waals surface area contributed by atoms with E-state index in [0.717, 1.165) is 0 Å². The highest BCUT2D eigenvalue weighted by atomic mass is 16.5. The van der Waals surface area contributed by atoms with Crippen molar-refractivity contribution in [3.05, 3.63) is 11.9 Å². The van der Waals surface area contributed by atoms with Crippen LogP contribution in [0.1, 0.15) is 19.2 Å². The second-order valence-electron chi connectivity index (χ2n) is 4.30. The summed E-state index contributed by atoms with van der Waals surface area (Å²) in [5, 5.41) is 3.07. The highest BCUT2D eigenvalue weighted by Gasteiger charge is 2.06. The van der Waals surface area contributed by atoms with E-state index in [4.69, 9.17) is 10.6 Å². The van der Waals surface area contributed by atoms with Crippen LogP contribution in [0, 0.1) is 0 Å². The number of nitrogens with one attached hydrogen (secondary N) is 2. The predicted molar refractivity (Wildman–Crippen MR) is 77.0 cm³/mol. The van der Waals surface area contributed by atoms with Crippen LogP contribution in [0.2, 0.25) is 0 Å². The number of ether oxygens (including phenoxy) is 1. The lowest BCUT2D eigenvalue weighted by Gasteiger charge is -2.12. The third-order valence-electron chi connectivity index (χ3n) is 2.50. The molecule has 8 nitrogen and oxygen atoms in total. The highest BCUT2D eigenvalue weighted by Crippen LogP contribution is 2.11. The molecule has 8 heteroatoms. The lowest BCUT2D eigenvalue weighted by atomic mass is 10.3. The zero-order valence-corrected chi connectivity index (χ0v) is 12.1. The Bertz CT molecular complexity index is 438. The number of hydrogen-bond donors (Lipinski definition) is 3. The summed E-state index contributed by atoms with van der Waals surface area (Å²) in [5.74, 6) is 7.05. The summed E-state index contributed by atoms with van der Waals surface area (Å²) >= 11 is 0. The van der Waals surface area contributed by atoms with Crippen molar-refractivity contribution in [1.29, 1.82) is 0 Å². The van der Waals surface area contributed by atoms with E-state index in [2.05, 4.69) is 20.7 Å². The summed E-state index contributed by atoms with van der Waals surface area (Å²) in [5.41, 5.74) is 2.48. The van der Waals surface area contributed by atoms with Crippen LogP contribution in [0.15, 0.2) is 6.07 Å². The Hall–Kier alpha value is -1.93. The van der Waals surface area contributed by atoms with Crippen LogP contribution in [0.5, 0.6) is 0 Å². The SMILES string of the molecule is CCOCc1nc(NN)cc(NCCC(=O)N(C)C)n1. The third kappa shape index (κ3) is 5.37. The standard InChI is InChI=1S/C12H22N6O2/c1-4-20-8-11-15-9(7-10(16-11)17-13)14-6-5-12(19)18(2)3/h7H,4-6,8,13H2,1-3H3,(H2,14,15,16,17). The first-order valence-electron chi connectivity index (χ1n) is 6.43.